The molecular weight excluding hydrogens is 364 g/mol. The van der Waals surface area contributed by atoms with Crippen molar-refractivity contribution >= 4 is 5.97 Å². The van der Waals surface area contributed by atoms with Crippen LogP contribution in [0.15, 0.2) is 30.3 Å². The van der Waals surface area contributed by atoms with Gasteiger partial charge in [-0.25, -0.2) is 0 Å². The van der Waals surface area contributed by atoms with E-state index in [0.717, 1.165) is 11.1 Å². The number of carboxylic acids is 1. The highest BCUT2D eigenvalue weighted by Gasteiger charge is 2.42. The molecule has 150 valence electrons. The number of hydrogen-bond acceptors (Lipinski definition) is 6. The maximum atomic E-state index is 12.2. The van der Waals surface area contributed by atoms with E-state index in [4.69, 9.17) is 14.2 Å². The van der Waals surface area contributed by atoms with Crippen molar-refractivity contribution in [2.45, 2.75) is 12.3 Å². The monoisotopic (exact) mass is 388 g/mol. The number of aliphatic carboxylic acids is 1. The van der Waals surface area contributed by atoms with Crippen LogP contribution < -0.4 is 14.2 Å². The van der Waals surface area contributed by atoms with Crippen molar-refractivity contribution in [3.8, 4) is 23.0 Å². The summed E-state index contributed by atoms with van der Waals surface area (Å²) in [5.74, 6) is -1.56. The average molecular weight is 388 g/mol. The van der Waals surface area contributed by atoms with E-state index in [0.29, 0.717) is 23.5 Å². The van der Waals surface area contributed by atoms with Gasteiger partial charge < -0.3 is 29.5 Å². The number of fused-ring (bicyclic) bond motifs is 1. The van der Waals surface area contributed by atoms with Gasteiger partial charge in [0.05, 0.1) is 27.2 Å². The van der Waals surface area contributed by atoms with Gasteiger partial charge >= 0.3 is 5.97 Å². The number of carboxylic acid groups (broad SMARTS) is 1. The number of aliphatic hydroxyl groups excluding tert-OH is 1. The number of methoxy groups -OCH3 is 3. The van der Waals surface area contributed by atoms with E-state index in [-0.39, 0.29) is 18.1 Å². The fraction of sp³-hybridized carbons (Fsp3) is 0.381. The highest BCUT2D eigenvalue weighted by Crippen LogP contribution is 2.48. The molecule has 1 aliphatic carbocycles. The lowest BCUT2D eigenvalue weighted by Crippen LogP contribution is -2.37. The van der Waals surface area contributed by atoms with Gasteiger partial charge in [0.1, 0.15) is 0 Å². The topological polar surface area (TPSA) is 105 Å². The average Bonchev–Trinajstić information content (AvgIpc) is 2.71. The third-order valence-corrected chi connectivity index (χ3v) is 5.41. The molecule has 2 unspecified atom stereocenters. The van der Waals surface area contributed by atoms with Crippen molar-refractivity contribution in [3.63, 3.8) is 0 Å². The lowest BCUT2D eigenvalue weighted by atomic mass is 9.66. The zero-order valence-electron chi connectivity index (χ0n) is 16.0. The van der Waals surface area contributed by atoms with Crippen LogP contribution in [-0.2, 0) is 11.2 Å². The van der Waals surface area contributed by atoms with Crippen LogP contribution in [0.5, 0.6) is 23.0 Å². The number of benzene rings is 2. The maximum Gasteiger partial charge on any atom is 0.307 e. The van der Waals surface area contributed by atoms with E-state index < -0.39 is 23.7 Å². The summed E-state index contributed by atoms with van der Waals surface area (Å²) in [5.41, 5.74) is 2.36. The molecule has 0 saturated heterocycles. The first-order valence-corrected chi connectivity index (χ1v) is 8.90. The van der Waals surface area contributed by atoms with Crippen molar-refractivity contribution in [2.24, 2.45) is 11.8 Å². The lowest BCUT2D eigenvalue weighted by molar-refractivity contribution is -0.145. The van der Waals surface area contributed by atoms with E-state index in [1.807, 2.05) is 6.07 Å². The van der Waals surface area contributed by atoms with Crippen LogP contribution >= 0.6 is 0 Å². The number of rotatable bonds is 6. The SMILES string of the molecule is COc1cc(C2c3cc(OC)c(OC)cc3C[C@H](CO)C2C(=O)O)ccc1O. The van der Waals surface area contributed by atoms with Crippen LogP contribution in [-0.4, -0.2) is 49.2 Å². The van der Waals surface area contributed by atoms with Gasteiger partial charge in [0.25, 0.3) is 0 Å². The van der Waals surface area contributed by atoms with Gasteiger partial charge in [-0.2, -0.15) is 0 Å². The molecule has 0 saturated carbocycles. The molecule has 0 heterocycles. The highest BCUT2D eigenvalue weighted by atomic mass is 16.5. The first-order chi connectivity index (χ1) is 13.4. The van der Waals surface area contributed by atoms with Crippen molar-refractivity contribution in [2.75, 3.05) is 27.9 Å². The van der Waals surface area contributed by atoms with E-state index in [9.17, 15) is 20.1 Å². The molecule has 0 radical (unpaired) electrons. The Morgan fingerprint density at radius 2 is 1.68 bits per heavy atom. The minimum absolute atomic E-state index is 0.0276. The fourth-order valence-electron chi connectivity index (χ4n) is 4.08. The van der Waals surface area contributed by atoms with E-state index >= 15 is 0 Å². The zero-order valence-corrected chi connectivity index (χ0v) is 16.0. The summed E-state index contributed by atoms with van der Waals surface area (Å²) in [5, 5.41) is 29.8. The number of phenols is 1. The number of carbonyl (C=O) groups is 1. The van der Waals surface area contributed by atoms with Gasteiger partial charge in [0.2, 0.25) is 0 Å². The predicted octanol–water partition coefficient (Wildman–Crippen LogP) is 2.42. The molecule has 0 aromatic heterocycles. The summed E-state index contributed by atoms with van der Waals surface area (Å²) in [6.07, 6.45) is 0.412. The van der Waals surface area contributed by atoms with Gasteiger partial charge in [0.15, 0.2) is 23.0 Å². The Labute approximate surface area is 163 Å². The molecule has 7 nitrogen and oxygen atoms in total. The van der Waals surface area contributed by atoms with E-state index in [2.05, 4.69) is 0 Å². The minimum atomic E-state index is -0.989. The summed E-state index contributed by atoms with van der Waals surface area (Å²) in [6.45, 7) is -0.254. The van der Waals surface area contributed by atoms with Gasteiger partial charge in [-0.3, -0.25) is 4.79 Å². The van der Waals surface area contributed by atoms with Crippen LogP contribution in [0.25, 0.3) is 0 Å². The van der Waals surface area contributed by atoms with Crippen molar-refractivity contribution in [3.05, 3.63) is 47.0 Å². The summed E-state index contributed by atoms with van der Waals surface area (Å²) in [7, 11) is 4.50. The normalized spacial score (nSPS) is 20.9. The third kappa shape index (κ3) is 3.33. The summed E-state index contributed by atoms with van der Waals surface area (Å²) in [6, 6.07) is 8.42. The Bertz CT molecular complexity index is 877. The molecule has 1 aliphatic rings. The molecule has 28 heavy (non-hydrogen) atoms. The second-order valence-corrected chi connectivity index (χ2v) is 6.83. The standard InChI is InChI=1S/C21H24O7/c1-26-16-7-11(4-5-15(16)23)19-14-9-18(28-3)17(27-2)8-12(14)6-13(10-22)20(19)21(24)25/h4-5,7-9,13,19-20,22-23H,6,10H2,1-3H3,(H,24,25)/t13-,19?,20?/m1/s1. The van der Waals surface area contributed by atoms with Crippen molar-refractivity contribution < 1.29 is 34.3 Å². The number of ether oxygens (including phenoxy) is 3. The molecular formula is C21H24O7. The van der Waals surface area contributed by atoms with Crippen LogP contribution in [0.2, 0.25) is 0 Å². The van der Waals surface area contributed by atoms with Crippen LogP contribution in [0.4, 0.5) is 0 Å². The summed E-state index contributed by atoms with van der Waals surface area (Å²) in [4.78, 5) is 12.2. The van der Waals surface area contributed by atoms with Crippen LogP contribution in [0.3, 0.4) is 0 Å². The molecule has 0 amide bonds. The Kier molecular flexibility index (Phi) is 5.65. The molecule has 2 aromatic rings. The third-order valence-electron chi connectivity index (χ3n) is 5.41. The molecule has 3 N–H and O–H groups in total. The van der Waals surface area contributed by atoms with Crippen molar-refractivity contribution in [1.82, 2.24) is 0 Å². The summed E-state index contributed by atoms with van der Waals surface area (Å²) < 4.78 is 16.0. The molecule has 3 atom stereocenters. The Hall–Kier alpha value is -2.93. The van der Waals surface area contributed by atoms with Gasteiger partial charge in [-0.15, -0.1) is 0 Å². The second-order valence-electron chi connectivity index (χ2n) is 6.83. The Morgan fingerprint density at radius 1 is 1.04 bits per heavy atom. The minimum Gasteiger partial charge on any atom is -0.504 e. The first kappa shape index (κ1) is 19.8. The Balaban J connectivity index is 2.25. The van der Waals surface area contributed by atoms with Crippen LogP contribution in [0, 0.1) is 11.8 Å². The van der Waals surface area contributed by atoms with E-state index in [1.54, 1.807) is 25.3 Å². The number of hydrogen-bond donors (Lipinski definition) is 3. The van der Waals surface area contributed by atoms with Crippen molar-refractivity contribution in [1.29, 1.82) is 0 Å². The summed E-state index contributed by atoms with van der Waals surface area (Å²) >= 11 is 0. The van der Waals surface area contributed by atoms with Gasteiger partial charge in [0, 0.05) is 18.4 Å². The molecule has 0 aliphatic heterocycles. The van der Waals surface area contributed by atoms with Crippen LogP contribution in [0.1, 0.15) is 22.6 Å². The number of aromatic hydroxyl groups is 1. The maximum absolute atomic E-state index is 12.2. The zero-order chi connectivity index (χ0) is 20.4. The molecule has 0 fully saturated rings. The van der Waals surface area contributed by atoms with Gasteiger partial charge in [-0.1, -0.05) is 6.07 Å². The first-order valence-electron chi connectivity index (χ1n) is 8.90. The molecule has 0 spiro atoms. The number of aliphatic hydroxyl groups is 1. The molecule has 3 rings (SSSR count). The predicted molar refractivity (Wildman–Crippen MR) is 101 cm³/mol. The van der Waals surface area contributed by atoms with E-state index in [1.165, 1.54) is 20.3 Å². The molecule has 0 bridgehead atoms. The number of phenolic OH excluding ortho intramolecular Hbond substituents is 1. The largest absolute Gasteiger partial charge is 0.504 e. The second kappa shape index (κ2) is 7.98. The molecule has 7 heteroatoms. The lowest BCUT2D eigenvalue weighted by Gasteiger charge is -2.37. The molecule has 2 aromatic carbocycles. The fourth-order valence-corrected chi connectivity index (χ4v) is 4.08. The Morgan fingerprint density at radius 3 is 2.25 bits per heavy atom. The quantitative estimate of drug-likeness (QED) is 0.698. The highest BCUT2D eigenvalue weighted by molar-refractivity contribution is 5.74. The smallest absolute Gasteiger partial charge is 0.307 e. The van der Waals surface area contributed by atoms with Gasteiger partial charge in [-0.05, 0) is 47.4 Å².